The van der Waals surface area contributed by atoms with Crippen molar-refractivity contribution in [2.24, 2.45) is 5.41 Å². The maximum atomic E-state index is 12.8. The van der Waals surface area contributed by atoms with Gasteiger partial charge in [0, 0.05) is 25.5 Å². The highest BCUT2D eigenvalue weighted by atomic mass is 35.5. The molecule has 0 aliphatic heterocycles. The van der Waals surface area contributed by atoms with Crippen molar-refractivity contribution in [1.82, 2.24) is 15.3 Å². The molecule has 29 heavy (non-hydrogen) atoms. The highest BCUT2D eigenvalue weighted by molar-refractivity contribution is 6.34. The smallest absolute Gasteiger partial charge is 0.311 e. The van der Waals surface area contributed by atoms with Gasteiger partial charge >= 0.3 is 5.97 Å². The van der Waals surface area contributed by atoms with Gasteiger partial charge < -0.3 is 15.3 Å². The third-order valence-corrected chi connectivity index (χ3v) is 5.90. The lowest BCUT2D eigenvalue weighted by molar-refractivity contribution is -0.150. The average Bonchev–Trinajstić information content (AvgIpc) is 2.72. The van der Waals surface area contributed by atoms with E-state index in [2.05, 4.69) is 15.3 Å². The van der Waals surface area contributed by atoms with Crippen molar-refractivity contribution in [3.63, 3.8) is 0 Å². The minimum Gasteiger partial charge on any atom is -0.481 e. The Morgan fingerprint density at radius 1 is 1.21 bits per heavy atom. The van der Waals surface area contributed by atoms with Gasteiger partial charge in [0.15, 0.2) is 0 Å². The van der Waals surface area contributed by atoms with Crippen molar-refractivity contribution < 1.29 is 14.7 Å². The number of nitrogens with zero attached hydrogens (tertiary/aromatic N) is 3. The van der Waals surface area contributed by atoms with Gasteiger partial charge in [-0.2, -0.15) is 0 Å². The number of hydrogen-bond acceptors (Lipinski definition) is 5. The summed E-state index contributed by atoms with van der Waals surface area (Å²) < 4.78 is 0. The van der Waals surface area contributed by atoms with Crippen LogP contribution in [0.2, 0.25) is 10.3 Å². The second-order valence-electron chi connectivity index (χ2n) is 7.24. The van der Waals surface area contributed by atoms with Crippen LogP contribution >= 0.6 is 23.2 Å². The van der Waals surface area contributed by atoms with Crippen LogP contribution in [-0.4, -0.2) is 40.5 Å². The second kappa shape index (κ2) is 8.97. The molecule has 0 unspecified atom stereocenters. The summed E-state index contributed by atoms with van der Waals surface area (Å²) in [7, 11) is 1.78. The Bertz CT molecular complexity index is 916. The molecule has 1 amide bonds. The normalized spacial score (nSPS) is 15.6. The molecule has 2 N–H and O–H groups in total. The predicted octanol–water partition coefficient (Wildman–Crippen LogP) is 4.32. The van der Waals surface area contributed by atoms with Crippen LogP contribution in [-0.2, 0) is 4.79 Å². The lowest BCUT2D eigenvalue weighted by atomic mass is 9.74. The van der Waals surface area contributed by atoms with Crippen LogP contribution in [0.5, 0.6) is 0 Å². The number of aliphatic carboxylic acids is 1. The molecule has 0 bridgehead atoms. The molecule has 1 heterocycles. The lowest BCUT2D eigenvalue weighted by Gasteiger charge is -2.33. The summed E-state index contributed by atoms with van der Waals surface area (Å²) >= 11 is 12.1. The average molecular weight is 437 g/mol. The molecule has 1 aromatic carbocycles. The van der Waals surface area contributed by atoms with E-state index in [1.54, 1.807) is 42.4 Å². The van der Waals surface area contributed by atoms with Gasteiger partial charge in [0.25, 0.3) is 5.91 Å². The molecule has 1 fully saturated rings. The minimum atomic E-state index is -0.910. The molecule has 0 atom stereocenters. The van der Waals surface area contributed by atoms with Crippen molar-refractivity contribution in [2.45, 2.75) is 32.1 Å². The van der Waals surface area contributed by atoms with E-state index in [9.17, 15) is 14.7 Å². The molecule has 7 nitrogen and oxygen atoms in total. The fourth-order valence-corrected chi connectivity index (χ4v) is 3.93. The van der Waals surface area contributed by atoms with Crippen molar-refractivity contribution in [1.29, 1.82) is 0 Å². The van der Waals surface area contributed by atoms with Crippen LogP contribution in [0.3, 0.4) is 0 Å². The van der Waals surface area contributed by atoms with Gasteiger partial charge in [-0.1, -0.05) is 30.9 Å². The summed E-state index contributed by atoms with van der Waals surface area (Å²) in [6, 6.07) is 6.72. The highest BCUT2D eigenvalue weighted by Crippen LogP contribution is 2.36. The Kier molecular flexibility index (Phi) is 6.59. The number of anilines is 2. The number of nitrogens with one attached hydrogen (secondary N) is 1. The van der Waals surface area contributed by atoms with Gasteiger partial charge in [0.2, 0.25) is 5.28 Å². The van der Waals surface area contributed by atoms with Gasteiger partial charge in [-0.15, -0.1) is 0 Å². The third kappa shape index (κ3) is 4.79. The number of amides is 1. The number of carbonyl (C=O) groups is 2. The molecule has 3 rings (SSSR count). The summed E-state index contributed by atoms with van der Waals surface area (Å²) in [4.78, 5) is 34.4. The topological polar surface area (TPSA) is 95.4 Å². The first-order valence-corrected chi connectivity index (χ1v) is 10.1. The molecule has 0 spiro atoms. The molecule has 1 aromatic heterocycles. The van der Waals surface area contributed by atoms with Crippen LogP contribution < -0.4 is 10.2 Å². The van der Waals surface area contributed by atoms with E-state index in [0.717, 1.165) is 19.3 Å². The van der Waals surface area contributed by atoms with E-state index in [0.29, 0.717) is 24.3 Å². The molecule has 0 saturated heterocycles. The zero-order valence-electron chi connectivity index (χ0n) is 16.0. The maximum Gasteiger partial charge on any atom is 0.311 e. The number of carboxylic acids is 1. The molecule has 2 aromatic rings. The van der Waals surface area contributed by atoms with E-state index in [1.807, 2.05) is 0 Å². The number of rotatable bonds is 6. The third-order valence-electron chi connectivity index (χ3n) is 5.39. The van der Waals surface area contributed by atoms with Gasteiger partial charge in [-0.05, 0) is 48.7 Å². The summed E-state index contributed by atoms with van der Waals surface area (Å²) in [6.07, 6.45) is 5.40. The summed E-state index contributed by atoms with van der Waals surface area (Å²) in [5.74, 6) is -0.708. The zero-order valence-corrected chi connectivity index (χ0v) is 17.5. The van der Waals surface area contributed by atoms with Crippen LogP contribution in [0.1, 0.15) is 42.5 Å². The standard InChI is InChI=1S/C20H22Cl2N4O3/c1-26(16-7-10-23-19(22)25-16)13-5-6-15(21)14(11-13)17(27)24-12-20(18(28)29)8-3-2-4-9-20/h5-7,10-11H,2-4,8-9,12H2,1H3,(H,24,27)(H,28,29). The molecule has 1 saturated carbocycles. The van der Waals surface area contributed by atoms with Crippen molar-refractivity contribution in [3.8, 4) is 0 Å². The van der Waals surface area contributed by atoms with Gasteiger partial charge in [0.1, 0.15) is 5.82 Å². The van der Waals surface area contributed by atoms with Crippen molar-refractivity contribution >= 4 is 46.6 Å². The molecule has 0 radical (unpaired) electrons. The second-order valence-corrected chi connectivity index (χ2v) is 7.98. The molecular weight excluding hydrogens is 415 g/mol. The number of halogens is 2. The van der Waals surface area contributed by atoms with Crippen molar-refractivity contribution in [2.75, 3.05) is 18.5 Å². The summed E-state index contributed by atoms with van der Waals surface area (Å²) in [6.45, 7) is 0.0824. The monoisotopic (exact) mass is 436 g/mol. The first kappa shape index (κ1) is 21.3. The van der Waals surface area contributed by atoms with E-state index in [-0.39, 0.29) is 22.4 Å². The molecule has 9 heteroatoms. The summed E-state index contributed by atoms with van der Waals surface area (Å²) in [5.41, 5.74) is 0.0411. The fourth-order valence-electron chi connectivity index (χ4n) is 3.58. The van der Waals surface area contributed by atoms with Crippen LogP contribution in [0.4, 0.5) is 11.5 Å². The Morgan fingerprint density at radius 2 is 1.93 bits per heavy atom. The lowest BCUT2D eigenvalue weighted by Crippen LogP contribution is -2.44. The van der Waals surface area contributed by atoms with E-state index in [1.165, 1.54) is 0 Å². The number of hydrogen-bond donors (Lipinski definition) is 2. The Labute approximate surface area is 179 Å². The molecule has 1 aliphatic carbocycles. The van der Waals surface area contributed by atoms with Gasteiger partial charge in [-0.3, -0.25) is 9.59 Å². The first-order chi connectivity index (χ1) is 13.8. The predicted molar refractivity (Wildman–Crippen MR) is 112 cm³/mol. The molecular formula is C20H22Cl2N4O3. The fraction of sp³-hybridized carbons (Fsp3) is 0.400. The molecule has 1 aliphatic rings. The summed E-state index contributed by atoms with van der Waals surface area (Å²) in [5, 5.41) is 12.9. The van der Waals surface area contributed by atoms with Crippen LogP contribution in [0, 0.1) is 5.41 Å². The Morgan fingerprint density at radius 3 is 2.59 bits per heavy atom. The van der Waals surface area contributed by atoms with Crippen LogP contribution in [0.15, 0.2) is 30.5 Å². The van der Waals surface area contributed by atoms with Gasteiger partial charge in [0.05, 0.1) is 16.0 Å². The van der Waals surface area contributed by atoms with E-state index in [4.69, 9.17) is 23.2 Å². The number of aromatic nitrogens is 2. The van der Waals surface area contributed by atoms with Crippen LogP contribution in [0.25, 0.3) is 0 Å². The zero-order chi connectivity index (χ0) is 21.0. The highest BCUT2D eigenvalue weighted by Gasteiger charge is 2.39. The largest absolute Gasteiger partial charge is 0.481 e. The Balaban J connectivity index is 1.78. The Hall–Kier alpha value is -2.38. The van der Waals surface area contributed by atoms with Gasteiger partial charge in [-0.25, -0.2) is 9.97 Å². The van der Waals surface area contributed by atoms with E-state index < -0.39 is 17.3 Å². The number of carboxylic acid groups (broad SMARTS) is 1. The maximum absolute atomic E-state index is 12.8. The number of carbonyl (C=O) groups excluding carboxylic acids is 1. The quantitative estimate of drug-likeness (QED) is 0.654. The first-order valence-electron chi connectivity index (χ1n) is 9.36. The SMILES string of the molecule is CN(c1ccc(Cl)c(C(=O)NCC2(C(=O)O)CCCCC2)c1)c1ccnc(Cl)n1. The minimum absolute atomic E-state index is 0.0824. The van der Waals surface area contributed by atoms with Crippen molar-refractivity contribution in [3.05, 3.63) is 46.3 Å². The molecule has 154 valence electrons. The van der Waals surface area contributed by atoms with E-state index >= 15 is 0 Å². The number of benzene rings is 1.